The Morgan fingerprint density at radius 2 is 1.38 bits per heavy atom. The Bertz CT molecular complexity index is 2260. The summed E-state index contributed by atoms with van der Waals surface area (Å²) in [6.45, 7) is 5.24. The largest absolute Gasteiger partial charge is 0.465 e. The highest BCUT2D eigenvalue weighted by atomic mass is 32.2. The van der Waals surface area contributed by atoms with Crippen LogP contribution < -0.4 is 14.8 Å². The van der Waals surface area contributed by atoms with E-state index in [0.29, 0.717) is 16.9 Å². The van der Waals surface area contributed by atoms with Crippen LogP contribution in [0.25, 0.3) is 21.9 Å². The molecule has 0 unspecified atom stereocenters. The van der Waals surface area contributed by atoms with Crippen LogP contribution in [0.5, 0.6) is 11.5 Å². The second-order valence-corrected chi connectivity index (χ2v) is 15.7. The first-order chi connectivity index (χ1) is 22.6. The average Bonchev–Trinajstić information content (AvgIpc) is 3.03. The van der Waals surface area contributed by atoms with E-state index in [9.17, 15) is 26.4 Å². The van der Waals surface area contributed by atoms with Crippen molar-refractivity contribution in [3.63, 3.8) is 0 Å². The van der Waals surface area contributed by atoms with Gasteiger partial charge in [-0.2, -0.15) is 0 Å². The van der Waals surface area contributed by atoms with E-state index in [2.05, 4.69) is 10.0 Å². The minimum atomic E-state index is -3.96. The third-order valence-electron chi connectivity index (χ3n) is 7.18. The van der Waals surface area contributed by atoms with Crippen molar-refractivity contribution >= 4 is 48.2 Å². The van der Waals surface area contributed by atoms with Crippen molar-refractivity contribution < 1.29 is 35.9 Å². The molecular formula is C36H34N2O8S2. The number of carbonyl (C=O) groups is 2. The molecule has 0 aliphatic rings. The van der Waals surface area contributed by atoms with E-state index >= 15 is 0 Å². The lowest BCUT2D eigenvalue weighted by Crippen LogP contribution is -2.40. The van der Waals surface area contributed by atoms with E-state index < -0.39 is 42.8 Å². The number of fused-ring (bicyclic) bond motifs is 1. The molecule has 0 saturated heterocycles. The maximum atomic E-state index is 13.7. The molecule has 1 amide bonds. The molecule has 5 rings (SSSR count). The maximum Gasteiger partial charge on any atom is 0.341 e. The molecule has 248 valence electrons. The zero-order valence-electron chi connectivity index (χ0n) is 26.9. The van der Waals surface area contributed by atoms with Gasteiger partial charge in [0.1, 0.15) is 17.0 Å². The molecule has 5 aromatic carbocycles. The highest BCUT2D eigenvalue weighted by Gasteiger charge is 2.29. The van der Waals surface area contributed by atoms with Crippen molar-refractivity contribution in [2.24, 2.45) is 0 Å². The van der Waals surface area contributed by atoms with Crippen LogP contribution >= 0.6 is 0 Å². The summed E-state index contributed by atoms with van der Waals surface area (Å²) in [5, 5.41) is 4.51. The van der Waals surface area contributed by atoms with Gasteiger partial charge in [-0.1, -0.05) is 60.7 Å². The zero-order valence-corrected chi connectivity index (χ0v) is 28.5. The summed E-state index contributed by atoms with van der Waals surface area (Å²) in [5.74, 6) is -1.29. The van der Waals surface area contributed by atoms with Crippen molar-refractivity contribution in [1.29, 1.82) is 0 Å². The second kappa shape index (κ2) is 13.2. The van der Waals surface area contributed by atoms with Crippen molar-refractivity contribution in [2.75, 3.05) is 18.7 Å². The van der Waals surface area contributed by atoms with E-state index in [-0.39, 0.29) is 26.8 Å². The number of esters is 1. The normalized spacial score (nSPS) is 12.0. The Morgan fingerprint density at radius 3 is 2.02 bits per heavy atom. The summed E-state index contributed by atoms with van der Waals surface area (Å²) >= 11 is 0. The standard InChI is InChI=1S/C36H34N2O8S2/c1-36(2,3)38-48(43,44)30-13-9-8-12-28(30)24-14-16-25(17-15-24)34(39)37-33-29(20-21-31(47(5,41)42)32(33)35(40)45-4)46-27-19-18-23-10-6-7-11-26(23)22-27/h6-22,38H,1-5H3,(H,37,39). The lowest BCUT2D eigenvalue weighted by molar-refractivity contribution is 0.0597. The summed E-state index contributed by atoms with van der Waals surface area (Å²) in [6, 6.07) is 28.2. The lowest BCUT2D eigenvalue weighted by Gasteiger charge is -2.21. The second-order valence-electron chi connectivity index (χ2n) is 12.1. The van der Waals surface area contributed by atoms with Gasteiger partial charge in [-0.25, -0.2) is 26.4 Å². The van der Waals surface area contributed by atoms with Gasteiger partial charge in [-0.3, -0.25) is 4.79 Å². The Hall–Kier alpha value is -5.04. The quantitative estimate of drug-likeness (QED) is 0.161. The van der Waals surface area contributed by atoms with Gasteiger partial charge in [-0.05, 0) is 79.6 Å². The molecule has 12 heteroatoms. The number of sulfone groups is 1. The Labute approximate surface area is 279 Å². The number of benzene rings is 5. The number of hydrogen-bond acceptors (Lipinski definition) is 8. The van der Waals surface area contributed by atoms with Crippen LogP contribution in [0.1, 0.15) is 41.5 Å². The molecule has 0 aliphatic carbocycles. The topological polar surface area (TPSA) is 145 Å². The van der Waals surface area contributed by atoms with Gasteiger partial charge in [-0.15, -0.1) is 0 Å². The molecule has 0 bridgehead atoms. The van der Waals surface area contributed by atoms with Gasteiger partial charge in [0.2, 0.25) is 10.0 Å². The number of ether oxygens (including phenoxy) is 2. The maximum absolute atomic E-state index is 13.7. The van der Waals surface area contributed by atoms with Crippen molar-refractivity contribution in [2.45, 2.75) is 36.1 Å². The summed E-state index contributed by atoms with van der Waals surface area (Å²) in [5.41, 5.74) is -0.186. The fraction of sp³-hybridized carbons (Fsp3) is 0.167. The van der Waals surface area contributed by atoms with E-state index in [1.807, 2.05) is 30.3 Å². The number of methoxy groups -OCH3 is 1. The number of hydrogen-bond donors (Lipinski definition) is 2. The summed E-state index contributed by atoms with van der Waals surface area (Å²) in [6.07, 6.45) is 0.942. The van der Waals surface area contributed by atoms with E-state index in [0.717, 1.165) is 24.1 Å². The highest BCUT2D eigenvalue weighted by molar-refractivity contribution is 7.90. The molecule has 0 aliphatic heterocycles. The summed E-state index contributed by atoms with van der Waals surface area (Å²) in [4.78, 5) is 26.4. The Kier molecular flexibility index (Phi) is 9.45. The molecule has 0 saturated carbocycles. The summed E-state index contributed by atoms with van der Waals surface area (Å²) in [7, 11) is -6.73. The number of sulfonamides is 1. The smallest absolute Gasteiger partial charge is 0.341 e. The lowest BCUT2D eigenvalue weighted by atomic mass is 10.0. The van der Waals surface area contributed by atoms with E-state index in [1.54, 1.807) is 63.2 Å². The van der Waals surface area contributed by atoms with Crippen molar-refractivity contribution in [3.8, 4) is 22.6 Å². The fourth-order valence-electron chi connectivity index (χ4n) is 5.13. The molecular weight excluding hydrogens is 653 g/mol. The SMILES string of the molecule is COC(=O)c1c(S(C)(=O)=O)ccc(Oc2ccc3ccccc3c2)c1NC(=O)c1ccc(-c2ccccc2S(=O)(=O)NC(C)(C)C)cc1. The molecule has 2 N–H and O–H groups in total. The number of rotatable bonds is 9. The van der Waals surface area contributed by atoms with Crippen LogP contribution in [0, 0.1) is 0 Å². The fourth-order valence-corrected chi connectivity index (χ4v) is 7.65. The molecule has 5 aromatic rings. The third-order valence-corrected chi connectivity index (χ3v) is 10.1. The van der Waals surface area contributed by atoms with E-state index in [4.69, 9.17) is 9.47 Å². The van der Waals surface area contributed by atoms with Crippen molar-refractivity contribution in [3.05, 3.63) is 114 Å². The number of amides is 1. The minimum Gasteiger partial charge on any atom is -0.465 e. The molecule has 0 radical (unpaired) electrons. The van der Waals surface area contributed by atoms with Gasteiger partial charge in [0.05, 0.1) is 16.9 Å². The molecule has 0 aromatic heterocycles. The molecule has 0 atom stereocenters. The average molecular weight is 687 g/mol. The van der Waals surface area contributed by atoms with Crippen LogP contribution in [0.2, 0.25) is 0 Å². The Morgan fingerprint density at radius 1 is 0.729 bits per heavy atom. The highest BCUT2D eigenvalue weighted by Crippen LogP contribution is 2.38. The van der Waals surface area contributed by atoms with Gasteiger partial charge < -0.3 is 14.8 Å². The minimum absolute atomic E-state index is 0.00790. The number of carbonyl (C=O) groups excluding carboxylic acids is 2. The van der Waals surface area contributed by atoms with Crippen LogP contribution in [-0.4, -0.2) is 47.6 Å². The van der Waals surface area contributed by atoms with Gasteiger partial charge >= 0.3 is 5.97 Å². The first-order valence-electron chi connectivity index (χ1n) is 14.7. The van der Waals surface area contributed by atoms with Crippen molar-refractivity contribution in [1.82, 2.24) is 4.72 Å². The monoisotopic (exact) mass is 686 g/mol. The van der Waals surface area contributed by atoms with Gasteiger partial charge in [0.25, 0.3) is 5.91 Å². The Balaban J connectivity index is 1.54. The predicted molar refractivity (Wildman–Crippen MR) is 185 cm³/mol. The first kappa shape index (κ1) is 34.3. The van der Waals surface area contributed by atoms with Crippen LogP contribution in [-0.2, 0) is 24.6 Å². The number of nitrogens with one attached hydrogen (secondary N) is 2. The first-order valence-corrected chi connectivity index (χ1v) is 18.1. The molecule has 0 fully saturated rings. The molecule has 10 nitrogen and oxygen atoms in total. The molecule has 0 heterocycles. The third kappa shape index (κ3) is 7.57. The van der Waals surface area contributed by atoms with Crippen LogP contribution in [0.3, 0.4) is 0 Å². The molecule has 0 spiro atoms. The number of anilines is 1. The van der Waals surface area contributed by atoms with E-state index in [1.165, 1.54) is 30.3 Å². The summed E-state index contributed by atoms with van der Waals surface area (Å²) < 4.78 is 65.6. The van der Waals surface area contributed by atoms with Crippen LogP contribution in [0.4, 0.5) is 5.69 Å². The molecule has 48 heavy (non-hydrogen) atoms. The predicted octanol–water partition coefficient (Wildman–Crippen LogP) is 6.82. The van der Waals surface area contributed by atoms with Gasteiger partial charge in [0.15, 0.2) is 15.6 Å². The zero-order chi connectivity index (χ0) is 34.9. The van der Waals surface area contributed by atoms with Gasteiger partial charge in [0, 0.05) is 22.9 Å². The van der Waals surface area contributed by atoms with Crippen LogP contribution in [0.15, 0.2) is 113 Å².